The quantitative estimate of drug-likeness (QED) is 0.410. The van der Waals surface area contributed by atoms with Crippen LogP contribution < -0.4 is 0 Å². The lowest BCUT2D eigenvalue weighted by molar-refractivity contribution is 0.534. The first-order valence-corrected chi connectivity index (χ1v) is 15.7. The Kier molecular flexibility index (Phi) is 6.79. The van der Waals surface area contributed by atoms with Gasteiger partial charge in [0.15, 0.2) is 16.6 Å². The summed E-state index contributed by atoms with van der Waals surface area (Å²) in [6.07, 6.45) is 2.64. The van der Waals surface area contributed by atoms with Crippen molar-refractivity contribution in [2.45, 2.75) is 57.4 Å². The number of nitrogens with zero attached hydrogens (tertiary/aromatic N) is 1. The Labute approximate surface area is 110 Å². The van der Waals surface area contributed by atoms with Crippen molar-refractivity contribution in [2.75, 3.05) is 6.54 Å². The van der Waals surface area contributed by atoms with Crippen LogP contribution in [0.2, 0.25) is 51.0 Å². The summed E-state index contributed by atoms with van der Waals surface area (Å²) >= 11 is 0. The smallest absolute Gasteiger partial charge is 0.234 e. The molecule has 0 N–H and O–H groups in total. The highest BCUT2D eigenvalue weighted by Gasteiger charge is 2.38. The highest BCUT2D eigenvalue weighted by atomic mass is 28.4. The second kappa shape index (κ2) is 6.80. The molecule has 0 saturated heterocycles. The van der Waals surface area contributed by atoms with Gasteiger partial charge in [-0.2, -0.15) is 0 Å². The summed E-state index contributed by atoms with van der Waals surface area (Å²) in [5.74, 6) is 0. The lowest BCUT2D eigenvalue weighted by Gasteiger charge is -2.39. The van der Waals surface area contributed by atoms with Gasteiger partial charge in [-0.05, 0) is 44.3 Å². The predicted octanol–water partition coefficient (Wildman–Crippen LogP) is 3.17. The molecule has 0 aromatic heterocycles. The summed E-state index contributed by atoms with van der Waals surface area (Å²) in [7, 11) is -3.89. The zero-order valence-electron chi connectivity index (χ0n) is 12.3. The maximum absolute atomic E-state index is 10.1. The van der Waals surface area contributed by atoms with Gasteiger partial charge in [-0.25, -0.2) is 9.79 Å². The van der Waals surface area contributed by atoms with E-state index in [4.69, 9.17) is 4.12 Å². The number of hydrogen-bond acceptors (Lipinski definition) is 3. The lowest BCUT2D eigenvalue weighted by Crippen LogP contribution is -2.49. The van der Waals surface area contributed by atoms with Crippen LogP contribution in [0.4, 0.5) is 0 Å². The van der Waals surface area contributed by atoms with Crippen LogP contribution in [-0.2, 0) is 8.91 Å². The Morgan fingerprint density at radius 3 is 2.12 bits per heavy atom. The van der Waals surface area contributed by atoms with E-state index >= 15 is 0 Å². The van der Waals surface area contributed by atoms with Crippen LogP contribution in [0.15, 0.2) is 4.99 Å². The van der Waals surface area contributed by atoms with Crippen LogP contribution in [-0.4, -0.2) is 38.1 Å². The monoisotopic (exact) mass is 289 g/mol. The molecule has 0 aliphatic heterocycles. The van der Waals surface area contributed by atoms with Crippen molar-refractivity contribution in [3.05, 3.63) is 0 Å². The topological polar surface area (TPSA) is 38.7 Å². The average molecular weight is 290 g/mol. The standard InChI is InChI=1S/C11H27NO2Si3/c1-15(2)11(8-9-12-10-13)17(6,7)14-16(3,4)5/h11,15H,8-9H2,1-7H3. The number of rotatable bonds is 7. The molecule has 0 radical (unpaired) electrons. The van der Waals surface area contributed by atoms with Crippen LogP contribution in [0.1, 0.15) is 6.42 Å². The van der Waals surface area contributed by atoms with Gasteiger partial charge in [-0.15, -0.1) is 0 Å². The summed E-state index contributed by atoms with van der Waals surface area (Å²) in [6, 6.07) is 0. The molecule has 100 valence electrons. The molecule has 3 nitrogen and oxygen atoms in total. The van der Waals surface area contributed by atoms with E-state index < -0.39 is 25.4 Å². The van der Waals surface area contributed by atoms with Crippen molar-refractivity contribution in [2.24, 2.45) is 4.99 Å². The van der Waals surface area contributed by atoms with Gasteiger partial charge >= 0.3 is 0 Å². The van der Waals surface area contributed by atoms with Gasteiger partial charge in [0.25, 0.3) is 0 Å². The maximum atomic E-state index is 10.1. The summed E-state index contributed by atoms with van der Waals surface area (Å²) < 4.78 is 6.45. The zero-order chi connectivity index (χ0) is 13.7. The predicted molar refractivity (Wildman–Crippen MR) is 82.1 cm³/mol. The van der Waals surface area contributed by atoms with Crippen LogP contribution >= 0.6 is 0 Å². The molecule has 0 aliphatic carbocycles. The molecule has 1 atom stereocenters. The minimum Gasteiger partial charge on any atom is -0.456 e. The molecule has 0 amide bonds. The Bertz CT molecular complexity index is 281. The fourth-order valence-electron chi connectivity index (χ4n) is 2.60. The Hall–Kier alpha value is -0.00935. The first kappa shape index (κ1) is 17.0. The van der Waals surface area contributed by atoms with E-state index in [0.29, 0.717) is 11.7 Å². The summed E-state index contributed by atoms with van der Waals surface area (Å²) in [4.78, 5) is 13.8. The van der Waals surface area contributed by atoms with Gasteiger partial charge in [0.1, 0.15) is 0 Å². The summed E-state index contributed by atoms with van der Waals surface area (Å²) in [5, 5.41) is 0.686. The largest absolute Gasteiger partial charge is 0.456 e. The molecular weight excluding hydrogens is 262 g/mol. The van der Waals surface area contributed by atoms with Crippen molar-refractivity contribution in [1.82, 2.24) is 0 Å². The van der Waals surface area contributed by atoms with Crippen molar-refractivity contribution in [3.63, 3.8) is 0 Å². The number of isocyanates is 1. The molecule has 6 heteroatoms. The second-order valence-corrected chi connectivity index (χ2v) is 19.4. The third-order valence-corrected chi connectivity index (χ3v) is 15.9. The first-order chi connectivity index (χ1) is 7.60. The molecular formula is C11H27NO2Si3. The Morgan fingerprint density at radius 1 is 1.24 bits per heavy atom. The molecule has 0 spiro atoms. The zero-order valence-corrected chi connectivity index (χ0v) is 15.5. The average Bonchev–Trinajstić information content (AvgIpc) is 2.07. The van der Waals surface area contributed by atoms with Gasteiger partial charge in [0.05, 0.1) is 6.54 Å². The van der Waals surface area contributed by atoms with E-state index in [1.54, 1.807) is 6.08 Å². The maximum Gasteiger partial charge on any atom is 0.234 e. The highest BCUT2D eigenvalue weighted by Crippen LogP contribution is 2.32. The van der Waals surface area contributed by atoms with Crippen molar-refractivity contribution in [3.8, 4) is 0 Å². The van der Waals surface area contributed by atoms with E-state index in [1.165, 1.54) is 0 Å². The number of hydrogen-bond donors (Lipinski definition) is 0. The van der Waals surface area contributed by atoms with Gasteiger partial charge in [0.2, 0.25) is 6.08 Å². The van der Waals surface area contributed by atoms with Gasteiger partial charge < -0.3 is 4.12 Å². The molecule has 0 aliphatic rings. The number of aliphatic imine (C=N–C) groups is 1. The molecule has 0 aromatic rings. The van der Waals surface area contributed by atoms with Gasteiger partial charge in [-0.1, -0.05) is 13.1 Å². The second-order valence-electron chi connectivity index (χ2n) is 6.43. The Balaban J connectivity index is 4.72. The molecule has 0 saturated carbocycles. The minimum atomic E-state index is -1.65. The molecule has 1 unspecified atom stereocenters. The summed E-state index contributed by atoms with van der Waals surface area (Å²) in [6.45, 7) is 16.8. The fraction of sp³-hybridized carbons (Fsp3) is 0.909. The highest BCUT2D eigenvalue weighted by molar-refractivity contribution is 6.91. The third-order valence-electron chi connectivity index (χ3n) is 2.88. The molecule has 0 fully saturated rings. The molecule has 0 heterocycles. The van der Waals surface area contributed by atoms with Crippen molar-refractivity contribution < 1.29 is 8.91 Å². The van der Waals surface area contributed by atoms with E-state index in [0.717, 1.165) is 6.42 Å². The van der Waals surface area contributed by atoms with E-state index in [2.05, 4.69) is 50.8 Å². The molecule has 0 rings (SSSR count). The van der Waals surface area contributed by atoms with Crippen molar-refractivity contribution >= 4 is 31.5 Å². The van der Waals surface area contributed by atoms with Crippen molar-refractivity contribution in [1.29, 1.82) is 0 Å². The molecule has 17 heavy (non-hydrogen) atoms. The van der Waals surface area contributed by atoms with Crippen LogP contribution in [0.3, 0.4) is 0 Å². The van der Waals surface area contributed by atoms with Gasteiger partial charge in [0, 0.05) is 8.80 Å². The van der Waals surface area contributed by atoms with Crippen LogP contribution in [0.25, 0.3) is 0 Å². The molecule has 0 bridgehead atoms. The Morgan fingerprint density at radius 2 is 1.76 bits per heavy atom. The molecule has 0 aromatic carbocycles. The van der Waals surface area contributed by atoms with Crippen LogP contribution in [0, 0.1) is 0 Å². The number of carbonyl (C=O) groups excluding carboxylic acids is 1. The normalized spacial score (nSPS) is 14.6. The van der Waals surface area contributed by atoms with E-state index in [-0.39, 0.29) is 0 Å². The fourth-order valence-corrected chi connectivity index (χ4v) is 18.2. The van der Waals surface area contributed by atoms with E-state index in [1.807, 2.05) is 0 Å². The SMILES string of the molecule is C[SiH](C)C(CCN=C=O)[Si](C)(C)O[Si](C)(C)C. The van der Waals surface area contributed by atoms with Crippen LogP contribution in [0.5, 0.6) is 0 Å². The third kappa shape index (κ3) is 7.10. The first-order valence-electron chi connectivity index (χ1n) is 6.34. The summed E-state index contributed by atoms with van der Waals surface area (Å²) in [5.41, 5.74) is 0. The minimum absolute atomic E-state index is 0.616. The van der Waals surface area contributed by atoms with E-state index in [9.17, 15) is 4.79 Å². The lowest BCUT2D eigenvalue weighted by atomic mass is 10.5. The van der Waals surface area contributed by atoms with Gasteiger partial charge in [-0.3, -0.25) is 0 Å².